The highest BCUT2D eigenvalue weighted by molar-refractivity contribution is 7.14. The molecule has 172 valence electrons. The third-order valence-corrected chi connectivity index (χ3v) is 6.38. The molecule has 0 saturated heterocycles. The van der Waals surface area contributed by atoms with Crippen molar-refractivity contribution in [2.24, 2.45) is 0 Å². The van der Waals surface area contributed by atoms with Crippen LogP contribution in [0.2, 0.25) is 0 Å². The van der Waals surface area contributed by atoms with E-state index in [1.165, 1.54) is 28.1 Å². The van der Waals surface area contributed by atoms with Gasteiger partial charge in [-0.05, 0) is 36.4 Å². The molecule has 7 nitrogen and oxygen atoms in total. The third-order valence-electron chi connectivity index (χ3n) is 5.54. The Labute approximate surface area is 206 Å². The minimum atomic E-state index is -0.416. The highest BCUT2D eigenvalue weighted by Gasteiger charge is 2.35. The van der Waals surface area contributed by atoms with Crippen molar-refractivity contribution in [1.29, 1.82) is 0 Å². The molecule has 5 rings (SSSR count). The maximum absolute atomic E-state index is 13.5. The Morgan fingerprint density at radius 2 is 1.66 bits per heavy atom. The number of rotatable bonds is 5. The molecule has 3 heterocycles. The van der Waals surface area contributed by atoms with Gasteiger partial charge in [-0.1, -0.05) is 42.5 Å². The van der Waals surface area contributed by atoms with Crippen LogP contribution in [0.4, 0.5) is 10.8 Å². The lowest BCUT2D eigenvalue weighted by atomic mass is 9.92. The number of nitrogens with zero attached hydrogens (tertiary/aromatic N) is 4. The van der Waals surface area contributed by atoms with Crippen LogP contribution < -0.4 is 4.90 Å². The first-order chi connectivity index (χ1) is 17.0. The summed E-state index contributed by atoms with van der Waals surface area (Å²) in [6, 6.07) is 21.7. The Morgan fingerprint density at radius 1 is 0.943 bits per heavy atom. The number of hydrogen-bond donors (Lipinski definition) is 0. The molecule has 4 aromatic rings. The SMILES string of the molecule is CC(=O)N(c1ccccc1)c1nc(/C=C2/C(=O)N(Cc3ccccn3)C(=O)c3ccccc32)cs1. The van der Waals surface area contributed by atoms with E-state index in [1.807, 2.05) is 36.4 Å². The van der Waals surface area contributed by atoms with E-state index in [4.69, 9.17) is 0 Å². The second-order valence-electron chi connectivity index (χ2n) is 7.87. The van der Waals surface area contributed by atoms with Crippen molar-refractivity contribution in [1.82, 2.24) is 14.9 Å². The predicted octanol–water partition coefficient (Wildman–Crippen LogP) is 4.95. The van der Waals surface area contributed by atoms with Gasteiger partial charge in [-0.2, -0.15) is 0 Å². The molecule has 8 heteroatoms. The molecule has 0 aliphatic carbocycles. The van der Waals surface area contributed by atoms with Crippen LogP contribution in [-0.2, 0) is 16.1 Å². The topological polar surface area (TPSA) is 83.5 Å². The molecule has 0 atom stereocenters. The zero-order chi connectivity index (χ0) is 24.4. The van der Waals surface area contributed by atoms with Gasteiger partial charge in [0.2, 0.25) is 5.91 Å². The molecule has 2 aromatic carbocycles. The number of para-hydroxylation sites is 1. The summed E-state index contributed by atoms with van der Waals surface area (Å²) in [7, 11) is 0. The van der Waals surface area contributed by atoms with E-state index in [2.05, 4.69) is 9.97 Å². The van der Waals surface area contributed by atoms with Crippen LogP contribution in [0.5, 0.6) is 0 Å². The van der Waals surface area contributed by atoms with Crippen molar-refractivity contribution >= 4 is 51.5 Å². The number of aromatic nitrogens is 2. The summed E-state index contributed by atoms with van der Waals surface area (Å²) in [6.45, 7) is 1.55. The van der Waals surface area contributed by atoms with Crippen molar-refractivity contribution in [3.8, 4) is 0 Å². The Kier molecular flexibility index (Phi) is 6.03. The van der Waals surface area contributed by atoms with Gasteiger partial charge in [0.15, 0.2) is 5.13 Å². The number of benzene rings is 2. The van der Waals surface area contributed by atoms with Crippen LogP contribution in [0.15, 0.2) is 84.4 Å². The largest absolute Gasteiger partial charge is 0.274 e. The predicted molar refractivity (Wildman–Crippen MR) is 135 cm³/mol. The minimum absolute atomic E-state index is 0.0681. The number of carbonyl (C=O) groups excluding carboxylic acids is 3. The van der Waals surface area contributed by atoms with E-state index >= 15 is 0 Å². The fraction of sp³-hybridized carbons (Fsp3) is 0.0741. The van der Waals surface area contributed by atoms with Gasteiger partial charge in [-0.15, -0.1) is 11.3 Å². The maximum atomic E-state index is 13.5. The Hall–Kier alpha value is -4.43. The highest BCUT2D eigenvalue weighted by Crippen LogP contribution is 2.33. The van der Waals surface area contributed by atoms with Crippen LogP contribution in [0.1, 0.15) is 34.2 Å². The molecule has 35 heavy (non-hydrogen) atoms. The molecule has 1 aliphatic rings. The first-order valence-electron chi connectivity index (χ1n) is 10.9. The van der Waals surface area contributed by atoms with Crippen LogP contribution in [0, 0.1) is 0 Å². The quantitative estimate of drug-likeness (QED) is 0.298. The highest BCUT2D eigenvalue weighted by atomic mass is 32.1. The van der Waals surface area contributed by atoms with E-state index in [0.29, 0.717) is 38.9 Å². The molecular weight excluding hydrogens is 460 g/mol. The lowest BCUT2D eigenvalue weighted by molar-refractivity contribution is -0.123. The van der Waals surface area contributed by atoms with E-state index in [-0.39, 0.29) is 18.4 Å². The summed E-state index contributed by atoms with van der Waals surface area (Å²) in [5, 5.41) is 2.28. The van der Waals surface area contributed by atoms with Gasteiger partial charge < -0.3 is 0 Å². The first kappa shape index (κ1) is 22.4. The van der Waals surface area contributed by atoms with Gasteiger partial charge in [0, 0.05) is 29.6 Å². The van der Waals surface area contributed by atoms with Gasteiger partial charge in [0.05, 0.1) is 29.2 Å². The lowest BCUT2D eigenvalue weighted by Crippen LogP contribution is -2.41. The van der Waals surface area contributed by atoms with Gasteiger partial charge in [-0.25, -0.2) is 4.98 Å². The van der Waals surface area contributed by atoms with E-state index < -0.39 is 5.91 Å². The zero-order valence-corrected chi connectivity index (χ0v) is 19.6. The van der Waals surface area contributed by atoms with Crippen LogP contribution >= 0.6 is 11.3 Å². The average molecular weight is 481 g/mol. The van der Waals surface area contributed by atoms with Gasteiger partial charge in [0.25, 0.3) is 11.8 Å². The molecular formula is C27H20N4O3S. The van der Waals surface area contributed by atoms with Crippen LogP contribution in [0.3, 0.4) is 0 Å². The van der Waals surface area contributed by atoms with E-state index in [0.717, 1.165) is 0 Å². The molecule has 2 aromatic heterocycles. The van der Waals surface area contributed by atoms with Gasteiger partial charge >= 0.3 is 0 Å². The van der Waals surface area contributed by atoms with E-state index in [9.17, 15) is 14.4 Å². The summed E-state index contributed by atoms with van der Waals surface area (Å²) in [5.74, 6) is -0.949. The maximum Gasteiger partial charge on any atom is 0.261 e. The summed E-state index contributed by atoms with van der Waals surface area (Å²) >= 11 is 1.30. The summed E-state index contributed by atoms with van der Waals surface area (Å²) in [4.78, 5) is 50.6. The lowest BCUT2D eigenvalue weighted by Gasteiger charge is -2.28. The summed E-state index contributed by atoms with van der Waals surface area (Å²) in [6.07, 6.45) is 3.30. The van der Waals surface area contributed by atoms with Crippen LogP contribution in [0.25, 0.3) is 11.6 Å². The fourth-order valence-corrected chi connectivity index (χ4v) is 4.78. The molecule has 0 saturated carbocycles. The van der Waals surface area contributed by atoms with E-state index in [1.54, 1.807) is 54.1 Å². The molecule has 0 N–H and O–H groups in total. The number of hydrogen-bond acceptors (Lipinski definition) is 6. The van der Waals surface area contributed by atoms with Gasteiger partial charge in [0.1, 0.15) is 0 Å². The molecule has 1 aliphatic heterocycles. The molecule has 0 unspecified atom stereocenters. The Balaban J connectivity index is 1.54. The summed E-state index contributed by atoms with van der Waals surface area (Å²) < 4.78 is 0. The Morgan fingerprint density at radius 3 is 2.37 bits per heavy atom. The minimum Gasteiger partial charge on any atom is -0.274 e. The number of imide groups is 1. The smallest absolute Gasteiger partial charge is 0.261 e. The number of anilines is 2. The monoisotopic (exact) mass is 480 g/mol. The van der Waals surface area contributed by atoms with Crippen LogP contribution in [-0.4, -0.2) is 32.6 Å². The van der Waals surface area contributed by atoms with Crippen molar-refractivity contribution in [3.63, 3.8) is 0 Å². The molecule has 0 fully saturated rings. The number of amides is 3. The second kappa shape index (κ2) is 9.44. The number of pyridine rings is 1. The Bertz CT molecular complexity index is 1450. The molecule has 3 amide bonds. The summed E-state index contributed by atoms with van der Waals surface area (Å²) in [5.41, 5.74) is 3.21. The first-order valence-corrected chi connectivity index (χ1v) is 11.8. The number of carbonyl (C=O) groups is 3. The van der Waals surface area contributed by atoms with Gasteiger partial charge in [-0.3, -0.25) is 29.2 Å². The second-order valence-corrected chi connectivity index (χ2v) is 8.70. The van der Waals surface area contributed by atoms with Crippen molar-refractivity contribution in [3.05, 3.63) is 107 Å². The third kappa shape index (κ3) is 4.39. The van der Waals surface area contributed by atoms with Crippen molar-refractivity contribution in [2.75, 3.05) is 4.90 Å². The van der Waals surface area contributed by atoms with Crippen molar-refractivity contribution < 1.29 is 14.4 Å². The zero-order valence-electron chi connectivity index (χ0n) is 18.8. The number of fused-ring (bicyclic) bond motifs is 1. The molecule has 0 radical (unpaired) electrons. The molecule has 0 bridgehead atoms. The van der Waals surface area contributed by atoms with Crippen molar-refractivity contribution in [2.45, 2.75) is 13.5 Å². The standard InChI is InChI=1S/C27H20N4O3S/c1-18(32)31(21-10-3-2-4-11-21)27-29-20(17-35-27)15-24-22-12-5-6-13-23(22)25(33)30(26(24)34)16-19-9-7-8-14-28-19/h2-15,17H,16H2,1H3/b24-15+. The number of thiazole rings is 1. The normalized spacial score (nSPS) is 14.2. The average Bonchev–Trinajstić information content (AvgIpc) is 3.33. The fourth-order valence-electron chi connectivity index (χ4n) is 3.94. The molecule has 0 spiro atoms.